The number of aryl methyl sites for hydroxylation is 1. The van der Waals surface area contributed by atoms with Crippen LogP contribution >= 0.6 is 0 Å². The maximum Gasteiger partial charge on any atom is 0.406 e. The first kappa shape index (κ1) is 13.8. The number of nitrogens with zero attached hydrogens (tertiary/aromatic N) is 3. The third-order valence-corrected chi connectivity index (χ3v) is 4.02. The van der Waals surface area contributed by atoms with Gasteiger partial charge in [0.05, 0.1) is 0 Å². The van der Waals surface area contributed by atoms with Gasteiger partial charge in [-0.15, -0.1) is 0 Å². The van der Waals surface area contributed by atoms with Gasteiger partial charge in [-0.1, -0.05) is 20.3 Å². The molecule has 0 radical (unpaired) electrons. The van der Waals surface area contributed by atoms with Crippen LogP contribution in [-0.2, 0) is 7.05 Å². The van der Waals surface area contributed by atoms with Crippen LogP contribution in [0.2, 0.25) is 0 Å². The largest absolute Gasteiger partial charge is 0.406 e. The van der Waals surface area contributed by atoms with Crippen molar-refractivity contribution in [3.05, 3.63) is 15.9 Å². The number of anilines is 1. The molecule has 1 aromatic heterocycles. The first-order chi connectivity index (χ1) is 8.80. The van der Waals surface area contributed by atoms with Crippen molar-refractivity contribution >= 4 is 11.6 Å². The van der Waals surface area contributed by atoms with Gasteiger partial charge >= 0.3 is 5.82 Å². The van der Waals surface area contributed by atoms with Crippen LogP contribution < -0.4 is 5.32 Å². The fourth-order valence-electron chi connectivity index (χ4n) is 2.90. The third-order valence-electron chi connectivity index (χ3n) is 4.02. The average Bonchev–Trinajstić information content (AvgIpc) is 2.56. The van der Waals surface area contributed by atoms with Crippen molar-refractivity contribution in [3.8, 4) is 0 Å². The van der Waals surface area contributed by atoms with Crippen LogP contribution in [0.5, 0.6) is 0 Å². The first-order valence-electron chi connectivity index (χ1n) is 6.74. The molecule has 2 rings (SSSR count). The third kappa shape index (κ3) is 2.88. The molecule has 1 N–H and O–H groups in total. The van der Waals surface area contributed by atoms with E-state index in [1.54, 1.807) is 11.5 Å². The number of hydrogen-bond acceptors (Lipinski definition) is 4. The molecule has 1 saturated carbocycles. The van der Waals surface area contributed by atoms with Crippen LogP contribution in [-0.4, -0.2) is 20.5 Å². The lowest BCUT2D eigenvalue weighted by molar-refractivity contribution is -0.388. The number of nitro groups is 1. The van der Waals surface area contributed by atoms with Crippen molar-refractivity contribution in [3.63, 3.8) is 0 Å². The summed E-state index contributed by atoms with van der Waals surface area (Å²) in [5.41, 5.74) is 0.304. The molecule has 1 aliphatic rings. The molecule has 1 aromatic rings. The minimum atomic E-state index is -0.413. The van der Waals surface area contributed by atoms with E-state index in [9.17, 15) is 10.1 Å². The molecule has 1 atom stereocenters. The maximum absolute atomic E-state index is 11.0. The monoisotopic (exact) mass is 266 g/mol. The molecule has 0 amide bonds. The van der Waals surface area contributed by atoms with Crippen LogP contribution in [0, 0.1) is 22.5 Å². The number of nitrogens with one attached hydrogen (secondary N) is 1. The molecular weight excluding hydrogens is 244 g/mol. The van der Waals surface area contributed by atoms with E-state index < -0.39 is 4.92 Å². The van der Waals surface area contributed by atoms with Crippen LogP contribution in [0.15, 0.2) is 0 Å². The number of hydrogen-bond donors (Lipinski definition) is 1. The summed E-state index contributed by atoms with van der Waals surface area (Å²) in [5, 5.41) is 14.4. The summed E-state index contributed by atoms with van der Waals surface area (Å²) >= 11 is 0. The molecule has 1 aliphatic carbocycles. The standard InChI is InChI=1S/C13H22N4O2/c1-9-14-12(17(18)19)11(16(9)4)15-10-6-5-7-13(2,3)8-10/h10,15H,5-8H2,1-4H3. The zero-order valence-corrected chi connectivity index (χ0v) is 12.1. The molecular formula is C13H22N4O2. The van der Waals surface area contributed by atoms with Crippen molar-refractivity contribution < 1.29 is 4.92 Å². The number of imidazole rings is 1. The Morgan fingerprint density at radius 1 is 1.53 bits per heavy atom. The lowest BCUT2D eigenvalue weighted by atomic mass is 9.75. The fourth-order valence-corrected chi connectivity index (χ4v) is 2.90. The molecule has 6 nitrogen and oxygen atoms in total. The Kier molecular flexibility index (Phi) is 3.52. The van der Waals surface area contributed by atoms with Crippen molar-refractivity contribution in [1.29, 1.82) is 0 Å². The van der Waals surface area contributed by atoms with E-state index in [2.05, 4.69) is 24.1 Å². The zero-order valence-electron chi connectivity index (χ0n) is 12.1. The van der Waals surface area contributed by atoms with Crippen LogP contribution in [0.25, 0.3) is 0 Å². The van der Waals surface area contributed by atoms with Crippen LogP contribution in [0.4, 0.5) is 11.6 Å². The van der Waals surface area contributed by atoms with Crippen molar-refractivity contribution in [2.45, 2.75) is 52.5 Å². The molecule has 106 valence electrons. The minimum absolute atomic E-state index is 0.0663. The Labute approximate surface area is 113 Å². The molecule has 1 unspecified atom stereocenters. The molecule has 0 saturated heterocycles. The summed E-state index contributed by atoms with van der Waals surface area (Å²) in [6.45, 7) is 6.29. The van der Waals surface area contributed by atoms with E-state index in [1.165, 1.54) is 6.42 Å². The Balaban J connectivity index is 2.21. The summed E-state index contributed by atoms with van der Waals surface area (Å²) in [6.07, 6.45) is 4.48. The summed E-state index contributed by atoms with van der Waals surface area (Å²) in [6, 6.07) is 0.289. The highest BCUT2D eigenvalue weighted by atomic mass is 16.6. The van der Waals surface area contributed by atoms with E-state index >= 15 is 0 Å². The highest BCUT2D eigenvalue weighted by Gasteiger charge is 2.31. The Morgan fingerprint density at radius 3 is 2.79 bits per heavy atom. The molecule has 0 aliphatic heterocycles. The zero-order chi connectivity index (χ0) is 14.2. The Bertz CT molecular complexity index is 493. The SMILES string of the molecule is Cc1nc([N+](=O)[O-])c(NC2CCCC(C)(C)C2)n1C. The summed E-state index contributed by atoms with van der Waals surface area (Å²) in [5.74, 6) is 1.12. The predicted molar refractivity (Wildman–Crippen MR) is 74.3 cm³/mol. The normalized spacial score (nSPS) is 22.2. The van der Waals surface area contributed by atoms with Gasteiger partial charge in [0.25, 0.3) is 0 Å². The average molecular weight is 266 g/mol. The number of rotatable bonds is 3. The summed E-state index contributed by atoms with van der Waals surface area (Å²) < 4.78 is 1.76. The first-order valence-corrected chi connectivity index (χ1v) is 6.74. The van der Waals surface area contributed by atoms with Crippen molar-refractivity contribution in [2.24, 2.45) is 12.5 Å². The van der Waals surface area contributed by atoms with Gasteiger partial charge in [-0.3, -0.25) is 4.57 Å². The van der Waals surface area contributed by atoms with Crippen LogP contribution in [0.1, 0.15) is 45.4 Å². The Hall–Kier alpha value is -1.59. The van der Waals surface area contributed by atoms with Gasteiger partial charge in [0, 0.05) is 20.0 Å². The van der Waals surface area contributed by atoms with Gasteiger partial charge in [-0.2, -0.15) is 0 Å². The molecule has 0 aromatic carbocycles. The minimum Gasteiger partial charge on any atom is -0.362 e. The predicted octanol–water partition coefficient (Wildman–Crippen LogP) is 3.02. The second kappa shape index (κ2) is 4.83. The highest BCUT2D eigenvalue weighted by Crippen LogP contribution is 2.37. The second-order valence-corrected chi connectivity index (χ2v) is 6.25. The molecule has 19 heavy (non-hydrogen) atoms. The highest BCUT2D eigenvalue weighted by molar-refractivity contribution is 5.54. The Morgan fingerprint density at radius 2 is 2.21 bits per heavy atom. The molecule has 1 heterocycles. The van der Waals surface area contributed by atoms with Crippen LogP contribution in [0.3, 0.4) is 0 Å². The van der Waals surface area contributed by atoms with Crippen molar-refractivity contribution in [2.75, 3.05) is 5.32 Å². The molecule has 1 fully saturated rings. The van der Waals surface area contributed by atoms with Gasteiger partial charge in [0.2, 0.25) is 11.6 Å². The summed E-state index contributed by atoms with van der Waals surface area (Å²) in [4.78, 5) is 14.6. The van der Waals surface area contributed by atoms with E-state index in [0.29, 0.717) is 17.1 Å². The quantitative estimate of drug-likeness (QED) is 0.674. The smallest absolute Gasteiger partial charge is 0.362 e. The van der Waals surface area contributed by atoms with E-state index in [4.69, 9.17) is 0 Å². The molecule has 6 heteroatoms. The van der Waals surface area contributed by atoms with Crippen molar-refractivity contribution in [1.82, 2.24) is 9.55 Å². The molecule has 0 spiro atoms. The summed E-state index contributed by atoms with van der Waals surface area (Å²) in [7, 11) is 1.81. The maximum atomic E-state index is 11.0. The van der Waals surface area contributed by atoms with Gasteiger partial charge in [0.15, 0.2) is 0 Å². The van der Waals surface area contributed by atoms with E-state index in [-0.39, 0.29) is 11.9 Å². The van der Waals surface area contributed by atoms with Gasteiger partial charge in [-0.25, -0.2) is 0 Å². The fraction of sp³-hybridized carbons (Fsp3) is 0.769. The van der Waals surface area contributed by atoms with Gasteiger partial charge in [0.1, 0.15) is 0 Å². The topological polar surface area (TPSA) is 73.0 Å². The molecule has 0 bridgehead atoms. The lowest BCUT2D eigenvalue weighted by Gasteiger charge is -2.35. The lowest BCUT2D eigenvalue weighted by Crippen LogP contribution is -2.32. The van der Waals surface area contributed by atoms with Gasteiger partial charge < -0.3 is 15.4 Å². The van der Waals surface area contributed by atoms with E-state index in [0.717, 1.165) is 19.3 Å². The second-order valence-electron chi connectivity index (χ2n) is 6.25. The van der Waals surface area contributed by atoms with E-state index in [1.807, 2.05) is 7.05 Å². The van der Waals surface area contributed by atoms with Gasteiger partial charge in [-0.05, 0) is 34.6 Å². The number of aromatic nitrogens is 2.